The molecule has 0 aliphatic carbocycles. The van der Waals surface area contributed by atoms with Gasteiger partial charge in [0.25, 0.3) is 0 Å². The van der Waals surface area contributed by atoms with Gasteiger partial charge in [0.05, 0.1) is 4.88 Å². The van der Waals surface area contributed by atoms with Crippen molar-refractivity contribution in [2.24, 2.45) is 0 Å². The number of piperidine rings is 1. The molecule has 0 spiro atoms. The van der Waals surface area contributed by atoms with Crippen LogP contribution in [0.1, 0.15) is 40.5 Å². The summed E-state index contributed by atoms with van der Waals surface area (Å²) in [7, 11) is 0. The maximum Gasteiger partial charge on any atom is 0.240 e. The summed E-state index contributed by atoms with van der Waals surface area (Å²) in [6, 6.07) is 4.08. The Morgan fingerprint density at radius 1 is 1.40 bits per heavy atom. The van der Waals surface area contributed by atoms with Gasteiger partial charge in [0.15, 0.2) is 10.6 Å². The summed E-state index contributed by atoms with van der Waals surface area (Å²) in [5.74, 6) is 0.676. The highest BCUT2D eigenvalue weighted by molar-refractivity contribution is 7.71. The molecule has 0 atom stereocenters. The molecule has 6 nitrogen and oxygen atoms in total. The lowest BCUT2D eigenvalue weighted by atomic mass is 9.79. The van der Waals surface area contributed by atoms with E-state index in [-0.39, 0.29) is 29.6 Å². The number of rotatable bonds is 4. The standard InChI is InChI=1S/C17H25N5OS2/c1-16(2)8-11(9-17(3,4)21-16)18-13(23)10-22-14(19-20-15(22)24)12-6-5-7-25-12/h5-7,11,21H,8-10H2,1-4H3,(H,18,23)(H,20,24). The average Bonchev–Trinajstić information content (AvgIpc) is 3.06. The highest BCUT2D eigenvalue weighted by atomic mass is 32.1. The highest BCUT2D eigenvalue weighted by Crippen LogP contribution is 2.28. The number of carbonyl (C=O) groups excluding carboxylic acids is 1. The van der Waals surface area contributed by atoms with Crippen LogP contribution in [0.25, 0.3) is 10.7 Å². The first-order valence-corrected chi connectivity index (χ1v) is 9.72. The Bertz CT molecular complexity index is 787. The fourth-order valence-electron chi connectivity index (χ4n) is 3.90. The second-order valence-corrected chi connectivity index (χ2v) is 9.32. The minimum absolute atomic E-state index is 0.00617. The smallest absolute Gasteiger partial charge is 0.240 e. The quantitative estimate of drug-likeness (QED) is 0.714. The van der Waals surface area contributed by atoms with Gasteiger partial charge in [0, 0.05) is 17.1 Å². The maximum atomic E-state index is 12.6. The van der Waals surface area contributed by atoms with Crippen LogP contribution in [0.15, 0.2) is 17.5 Å². The first kappa shape index (κ1) is 18.3. The molecule has 0 saturated carbocycles. The van der Waals surface area contributed by atoms with Gasteiger partial charge < -0.3 is 10.6 Å². The van der Waals surface area contributed by atoms with E-state index in [1.807, 2.05) is 17.5 Å². The summed E-state index contributed by atoms with van der Waals surface area (Å²) < 4.78 is 2.22. The van der Waals surface area contributed by atoms with Crippen LogP contribution in [0.3, 0.4) is 0 Å². The van der Waals surface area contributed by atoms with Gasteiger partial charge in [-0.2, -0.15) is 5.10 Å². The summed E-state index contributed by atoms with van der Waals surface area (Å²) in [5.41, 5.74) is -0.0123. The molecule has 1 fully saturated rings. The molecule has 0 aromatic carbocycles. The van der Waals surface area contributed by atoms with Crippen LogP contribution in [0.4, 0.5) is 0 Å². The Morgan fingerprint density at radius 2 is 2.08 bits per heavy atom. The van der Waals surface area contributed by atoms with Crippen LogP contribution in [0, 0.1) is 4.77 Å². The van der Waals surface area contributed by atoms with Crippen LogP contribution in [0.2, 0.25) is 0 Å². The molecule has 136 valence electrons. The topological polar surface area (TPSA) is 74.7 Å². The average molecular weight is 380 g/mol. The highest BCUT2D eigenvalue weighted by Gasteiger charge is 2.38. The lowest BCUT2D eigenvalue weighted by molar-refractivity contribution is -0.122. The van der Waals surface area contributed by atoms with Gasteiger partial charge in [-0.15, -0.1) is 11.3 Å². The summed E-state index contributed by atoms with van der Waals surface area (Å²) in [6.45, 7) is 8.87. The van der Waals surface area contributed by atoms with Crippen molar-refractivity contribution < 1.29 is 4.79 Å². The fraction of sp³-hybridized carbons (Fsp3) is 0.588. The SMILES string of the molecule is CC1(C)CC(NC(=O)Cn2c(-c3cccs3)n[nH]c2=S)CC(C)(C)N1. The molecule has 1 aliphatic heterocycles. The Balaban J connectivity index is 1.72. The molecule has 0 unspecified atom stereocenters. The van der Waals surface area contributed by atoms with Crippen LogP contribution in [-0.2, 0) is 11.3 Å². The summed E-state index contributed by atoms with van der Waals surface area (Å²) in [6.07, 6.45) is 1.80. The number of nitrogens with zero attached hydrogens (tertiary/aromatic N) is 2. The Hall–Kier alpha value is -1.51. The van der Waals surface area contributed by atoms with Gasteiger partial charge >= 0.3 is 0 Å². The predicted octanol–water partition coefficient (Wildman–Crippen LogP) is 3.09. The maximum absolute atomic E-state index is 12.6. The number of hydrogen-bond donors (Lipinski definition) is 3. The second-order valence-electron chi connectivity index (χ2n) is 7.98. The van der Waals surface area contributed by atoms with Crippen molar-refractivity contribution in [3.63, 3.8) is 0 Å². The van der Waals surface area contributed by atoms with Gasteiger partial charge in [-0.1, -0.05) is 6.07 Å². The van der Waals surface area contributed by atoms with Crippen molar-refractivity contribution in [1.82, 2.24) is 25.4 Å². The minimum atomic E-state index is -0.0335. The van der Waals surface area contributed by atoms with E-state index in [1.165, 1.54) is 0 Å². The van der Waals surface area contributed by atoms with E-state index in [0.717, 1.165) is 17.7 Å². The number of carbonyl (C=O) groups is 1. The fourth-order valence-corrected chi connectivity index (χ4v) is 4.82. The molecule has 3 heterocycles. The molecular formula is C17H25N5OS2. The number of H-pyrrole nitrogens is 1. The number of aromatic nitrogens is 3. The lowest BCUT2D eigenvalue weighted by Gasteiger charge is -2.46. The molecule has 1 aliphatic rings. The van der Waals surface area contributed by atoms with Gasteiger partial charge in [0.1, 0.15) is 6.54 Å². The molecule has 2 aromatic rings. The van der Waals surface area contributed by atoms with E-state index in [0.29, 0.717) is 10.6 Å². The Kier molecular flexibility index (Phi) is 4.87. The molecule has 1 saturated heterocycles. The number of amides is 1. The zero-order valence-corrected chi connectivity index (χ0v) is 16.7. The number of aromatic amines is 1. The van der Waals surface area contributed by atoms with Crippen LogP contribution >= 0.6 is 23.6 Å². The van der Waals surface area contributed by atoms with E-state index >= 15 is 0 Å². The molecule has 1 amide bonds. The molecule has 8 heteroatoms. The van der Waals surface area contributed by atoms with Crippen molar-refractivity contribution in [1.29, 1.82) is 0 Å². The van der Waals surface area contributed by atoms with E-state index in [1.54, 1.807) is 15.9 Å². The molecule has 3 N–H and O–H groups in total. The van der Waals surface area contributed by atoms with Gasteiger partial charge in [-0.05, 0) is 64.2 Å². The third-order valence-corrected chi connectivity index (χ3v) is 5.53. The number of thiophene rings is 1. The summed E-state index contributed by atoms with van der Waals surface area (Å²) >= 11 is 6.88. The van der Waals surface area contributed by atoms with Gasteiger partial charge in [-0.25, -0.2) is 0 Å². The zero-order chi connectivity index (χ0) is 18.2. The van der Waals surface area contributed by atoms with E-state index in [9.17, 15) is 4.79 Å². The second kappa shape index (κ2) is 6.66. The molecular weight excluding hydrogens is 354 g/mol. The molecule has 0 bridgehead atoms. The van der Waals surface area contributed by atoms with Crippen molar-refractivity contribution >= 4 is 29.5 Å². The van der Waals surface area contributed by atoms with Crippen molar-refractivity contribution in [3.8, 4) is 10.7 Å². The van der Waals surface area contributed by atoms with Crippen LogP contribution in [-0.4, -0.2) is 37.8 Å². The minimum Gasteiger partial charge on any atom is -0.352 e. The van der Waals surface area contributed by atoms with Crippen molar-refractivity contribution in [2.45, 2.75) is 64.2 Å². The largest absolute Gasteiger partial charge is 0.352 e. The van der Waals surface area contributed by atoms with E-state index < -0.39 is 0 Å². The molecule has 25 heavy (non-hydrogen) atoms. The monoisotopic (exact) mass is 379 g/mol. The first-order chi connectivity index (χ1) is 11.7. The Morgan fingerprint density at radius 3 is 2.68 bits per heavy atom. The van der Waals surface area contributed by atoms with Crippen LogP contribution in [0.5, 0.6) is 0 Å². The predicted molar refractivity (Wildman–Crippen MR) is 103 cm³/mol. The van der Waals surface area contributed by atoms with Gasteiger partial charge in [-0.3, -0.25) is 14.5 Å². The number of nitrogens with one attached hydrogen (secondary N) is 3. The van der Waals surface area contributed by atoms with Gasteiger partial charge in [0.2, 0.25) is 5.91 Å². The molecule has 3 rings (SSSR count). The Labute approximate surface area is 157 Å². The third kappa shape index (κ3) is 4.37. The first-order valence-electron chi connectivity index (χ1n) is 8.43. The molecule has 0 radical (unpaired) electrons. The van der Waals surface area contributed by atoms with Crippen molar-refractivity contribution in [3.05, 3.63) is 22.3 Å². The summed E-state index contributed by atoms with van der Waals surface area (Å²) in [5, 5.41) is 15.9. The lowest BCUT2D eigenvalue weighted by Crippen LogP contribution is -2.62. The van der Waals surface area contributed by atoms with E-state index in [2.05, 4.69) is 48.5 Å². The third-order valence-electron chi connectivity index (χ3n) is 4.36. The zero-order valence-electron chi connectivity index (χ0n) is 15.0. The van der Waals surface area contributed by atoms with Crippen LogP contribution < -0.4 is 10.6 Å². The van der Waals surface area contributed by atoms with Crippen molar-refractivity contribution in [2.75, 3.05) is 0 Å². The number of hydrogen-bond acceptors (Lipinski definition) is 5. The molecule has 2 aromatic heterocycles. The summed E-state index contributed by atoms with van der Waals surface area (Å²) in [4.78, 5) is 13.6. The van der Waals surface area contributed by atoms with E-state index in [4.69, 9.17) is 12.2 Å². The normalized spacial score (nSPS) is 19.7.